The Morgan fingerprint density at radius 1 is 1.03 bits per heavy atom. The lowest BCUT2D eigenvalue weighted by molar-refractivity contribution is -0.130. The number of rotatable bonds is 5. The molecule has 2 saturated heterocycles. The second-order valence-corrected chi connectivity index (χ2v) is 8.77. The second kappa shape index (κ2) is 9.50. The lowest BCUT2D eigenvalue weighted by atomic mass is 9.78. The predicted molar refractivity (Wildman–Crippen MR) is 119 cm³/mol. The number of ether oxygens (including phenoxy) is 1. The minimum atomic E-state index is 0.00600. The Kier molecular flexibility index (Phi) is 6.54. The van der Waals surface area contributed by atoms with Crippen LogP contribution in [0.4, 0.5) is 0 Å². The van der Waals surface area contributed by atoms with Crippen LogP contribution in [0.25, 0.3) is 0 Å². The molecule has 0 N–H and O–H groups in total. The number of amides is 2. The Labute approximate surface area is 184 Å². The number of hydrogen-bond donors (Lipinski definition) is 0. The molecule has 2 unspecified atom stereocenters. The van der Waals surface area contributed by atoms with Crippen molar-refractivity contribution in [3.8, 4) is 5.75 Å². The summed E-state index contributed by atoms with van der Waals surface area (Å²) in [4.78, 5) is 33.2. The monoisotopic (exact) mass is 421 g/mol. The molecule has 2 amide bonds. The summed E-state index contributed by atoms with van der Waals surface area (Å²) in [5.74, 6) is 2.14. The summed E-state index contributed by atoms with van der Waals surface area (Å²) in [5, 5.41) is 0. The summed E-state index contributed by atoms with van der Waals surface area (Å²) in [5.41, 5.74) is 1.44. The van der Waals surface area contributed by atoms with Crippen LogP contribution in [-0.4, -0.2) is 59.4 Å². The van der Waals surface area contributed by atoms with E-state index in [1.807, 2.05) is 59.2 Å². The summed E-state index contributed by atoms with van der Waals surface area (Å²) in [6, 6.07) is 13.6. The number of likely N-dealkylation sites (tertiary alicyclic amines) is 2. The Morgan fingerprint density at radius 2 is 1.77 bits per heavy atom. The van der Waals surface area contributed by atoms with E-state index in [-0.39, 0.29) is 17.7 Å². The smallest absolute Gasteiger partial charge is 0.272 e. The van der Waals surface area contributed by atoms with Gasteiger partial charge >= 0.3 is 0 Å². The van der Waals surface area contributed by atoms with Gasteiger partial charge in [0.1, 0.15) is 11.4 Å². The predicted octanol–water partition coefficient (Wildman–Crippen LogP) is 3.42. The van der Waals surface area contributed by atoms with Crippen LogP contribution < -0.4 is 4.74 Å². The third kappa shape index (κ3) is 4.89. The average Bonchev–Trinajstić information content (AvgIpc) is 3.22. The molecule has 2 atom stereocenters. The van der Waals surface area contributed by atoms with Gasteiger partial charge in [0.2, 0.25) is 5.91 Å². The van der Waals surface area contributed by atoms with Crippen LogP contribution in [0.2, 0.25) is 0 Å². The summed E-state index contributed by atoms with van der Waals surface area (Å²) in [7, 11) is 0. The molecule has 1 aromatic heterocycles. The van der Waals surface area contributed by atoms with Crippen LogP contribution in [0, 0.1) is 24.7 Å². The highest BCUT2D eigenvalue weighted by molar-refractivity contribution is 5.93. The Morgan fingerprint density at radius 3 is 2.45 bits per heavy atom. The number of para-hydroxylation sites is 1. The Bertz CT molecular complexity index is 909. The first-order chi connectivity index (χ1) is 15.0. The molecule has 0 aliphatic carbocycles. The molecule has 0 saturated carbocycles. The Hall–Kier alpha value is -2.89. The number of nitrogens with zero attached hydrogens (tertiary/aromatic N) is 3. The third-order valence-corrected chi connectivity index (χ3v) is 6.79. The minimum absolute atomic E-state index is 0.00600. The van der Waals surface area contributed by atoms with E-state index in [1.165, 1.54) is 0 Å². The molecule has 2 aromatic rings. The quantitative estimate of drug-likeness (QED) is 0.742. The van der Waals surface area contributed by atoms with E-state index < -0.39 is 0 Å². The van der Waals surface area contributed by atoms with Crippen molar-refractivity contribution in [3.63, 3.8) is 0 Å². The molecule has 3 heterocycles. The molecule has 1 aromatic carbocycles. The fraction of sp³-hybridized carbons (Fsp3) is 0.480. The first-order valence-corrected chi connectivity index (χ1v) is 11.2. The lowest BCUT2D eigenvalue weighted by Gasteiger charge is -2.36. The molecule has 2 fully saturated rings. The van der Waals surface area contributed by atoms with E-state index in [1.54, 1.807) is 13.1 Å². The zero-order valence-electron chi connectivity index (χ0n) is 18.4. The molecule has 0 radical (unpaired) electrons. The van der Waals surface area contributed by atoms with Gasteiger partial charge in [0.15, 0.2) is 0 Å². The van der Waals surface area contributed by atoms with Crippen molar-refractivity contribution in [2.24, 2.45) is 17.8 Å². The van der Waals surface area contributed by atoms with Gasteiger partial charge in [0, 0.05) is 45.2 Å². The number of benzene rings is 1. The molecule has 4 rings (SSSR count). The van der Waals surface area contributed by atoms with Crippen LogP contribution in [0.5, 0.6) is 5.75 Å². The van der Waals surface area contributed by atoms with Gasteiger partial charge in [0.25, 0.3) is 5.91 Å². The fourth-order valence-electron chi connectivity index (χ4n) is 4.99. The molecule has 2 aliphatic heterocycles. The van der Waals surface area contributed by atoms with Crippen molar-refractivity contribution in [2.75, 3.05) is 32.8 Å². The van der Waals surface area contributed by atoms with Gasteiger partial charge in [-0.3, -0.25) is 14.6 Å². The normalized spacial score (nSPS) is 21.9. The van der Waals surface area contributed by atoms with E-state index in [2.05, 4.69) is 4.98 Å². The molecule has 0 bridgehead atoms. The van der Waals surface area contributed by atoms with Crippen molar-refractivity contribution in [1.82, 2.24) is 14.8 Å². The average molecular weight is 422 g/mol. The summed E-state index contributed by atoms with van der Waals surface area (Å²) in [6.07, 6.45) is 3.65. The second-order valence-electron chi connectivity index (χ2n) is 8.77. The minimum Gasteiger partial charge on any atom is -0.493 e. The molecule has 6 heteroatoms. The van der Waals surface area contributed by atoms with Crippen molar-refractivity contribution < 1.29 is 14.3 Å². The molecular formula is C25H31N3O3. The van der Waals surface area contributed by atoms with Gasteiger partial charge in [-0.15, -0.1) is 0 Å². The first kappa shape index (κ1) is 21.3. The number of hydrogen-bond acceptors (Lipinski definition) is 4. The van der Waals surface area contributed by atoms with Crippen LogP contribution in [0.3, 0.4) is 0 Å². The number of carbonyl (C=O) groups is 2. The standard InChI is InChI=1S/C25H31N3O3/c1-18-7-6-12-26-24(18)25(30)28-15-21(17-31-22-8-4-3-5-9-22)23(16-28)20-10-13-27(14-11-20)19(2)29/h3-9,12,20-21,23H,10-11,13-17H2,1-2H3. The fourth-order valence-corrected chi connectivity index (χ4v) is 4.99. The zero-order valence-corrected chi connectivity index (χ0v) is 18.4. The van der Waals surface area contributed by atoms with E-state index in [4.69, 9.17) is 4.74 Å². The van der Waals surface area contributed by atoms with Gasteiger partial charge in [0.05, 0.1) is 6.61 Å². The lowest BCUT2D eigenvalue weighted by Crippen LogP contribution is -2.40. The van der Waals surface area contributed by atoms with E-state index >= 15 is 0 Å². The van der Waals surface area contributed by atoms with Crippen molar-refractivity contribution in [2.45, 2.75) is 26.7 Å². The highest BCUT2D eigenvalue weighted by atomic mass is 16.5. The van der Waals surface area contributed by atoms with Crippen LogP contribution in [0.15, 0.2) is 48.7 Å². The molecule has 6 nitrogen and oxygen atoms in total. The summed E-state index contributed by atoms with van der Waals surface area (Å²) >= 11 is 0. The number of aromatic nitrogens is 1. The zero-order chi connectivity index (χ0) is 21.8. The van der Waals surface area contributed by atoms with Gasteiger partial charge in [-0.2, -0.15) is 0 Å². The summed E-state index contributed by atoms with van der Waals surface area (Å²) < 4.78 is 6.11. The van der Waals surface area contributed by atoms with E-state index in [0.29, 0.717) is 30.7 Å². The topological polar surface area (TPSA) is 62.7 Å². The Balaban J connectivity index is 1.48. The molecule has 164 valence electrons. The van der Waals surface area contributed by atoms with Gasteiger partial charge in [-0.1, -0.05) is 24.3 Å². The maximum absolute atomic E-state index is 13.2. The van der Waals surface area contributed by atoms with Gasteiger partial charge in [-0.05, 0) is 55.4 Å². The SMILES string of the molecule is CC(=O)N1CCC(C2CN(C(=O)c3ncccc3C)CC2COc2ccccc2)CC1. The van der Waals surface area contributed by atoms with Crippen LogP contribution >= 0.6 is 0 Å². The van der Waals surface area contributed by atoms with Gasteiger partial charge < -0.3 is 14.5 Å². The largest absolute Gasteiger partial charge is 0.493 e. The molecule has 31 heavy (non-hydrogen) atoms. The molecular weight excluding hydrogens is 390 g/mol. The summed E-state index contributed by atoms with van der Waals surface area (Å²) in [6.45, 7) is 7.17. The van der Waals surface area contributed by atoms with E-state index in [0.717, 1.165) is 43.8 Å². The van der Waals surface area contributed by atoms with E-state index in [9.17, 15) is 9.59 Å². The van der Waals surface area contributed by atoms with Gasteiger partial charge in [-0.25, -0.2) is 0 Å². The highest BCUT2D eigenvalue weighted by Gasteiger charge is 2.41. The van der Waals surface area contributed by atoms with Crippen LogP contribution in [0.1, 0.15) is 35.8 Å². The van der Waals surface area contributed by atoms with Crippen LogP contribution in [-0.2, 0) is 4.79 Å². The number of piperidine rings is 1. The van der Waals surface area contributed by atoms with Crippen molar-refractivity contribution in [3.05, 3.63) is 59.9 Å². The maximum atomic E-state index is 13.2. The highest BCUT2D eigenvalue weighted by Crippen LogP contribution is 2.37. The molecule has 2 aliphatic rings. The number of pyridine rings is 1. The molecule has 0 spiro atoms. The maximum Gasteiger partial charge on any atom is 0.272 e. The third-order valence-electron chi connectivity index (χ3n) is 6.79. The number of carbonyl (C=O) groups excluding carboxylic acids is 2. The van der Waals surface area contributed by atoms with Crippen molar-refractivity contribution in [1.29, 1.82) is 0 Å². The van der Waals surface area contributed by atoms with Crippen molar-refractivity contribution >= 4 is 11.8 Å². The first-order valence-electron chi connectivity index (χ1n) is 11.2. The number of aryl methyl sites for hydroxylation is 1.